The number of ether oxygens (including phenoxy) is 1. The van der Waals surface area contributed by atoms with Crippen LogP contribution in [-0.2, 0) is 13.1 Å². The van der Waals surface area contributed by atoms with Gasteiger partial charge in [0.15, 0.2) is 28.5 Å². The van der Waals surface area contributed by atoms with E-state index in [9.17, 15) is 10.2 Å². The van der Waals surface area contributed by atoms with Gasteiger partial charge in [-0.3, -0.25) is 0 Å². The van der Waals surface area contributed by atoms with Crippen molar-refractivity contribution in [2.24, 2.45) is 0 Å². The highest BCUT2D eigenvalue weighted by molar-refractivity contribution is 5.84. The molecule has 4 N–H and O–H groups in total. The molecule has 0 aliphatic rings. The summed E-state index contributed by atoms with van der Waals surface area (Å²) in [6.07, 6.45) is 2.43. The van der Waals surface area contributed by atoms with E-state index < -0.39 is 5.60 Å². The molecular formula is C21H30N6O3. The summed E-state index contributed by atoms with van der Waals surface area (Å²) >= 11 is 0. The van der Waals surface area contributed by atoms with Crippen LogP contribution in [0.5, 0.6) is 11.5 Å². The first kappa shape index (κ1) is 21.6. The topological polar surface area (TPSA) is 117 Å². The van der Waals surface area contributed by atoms with Crippen LogP contribution in [0.3, 0.4) is 0 Å². The van der Waals surface area contributed by atoms with Crippen LogP contribution in [0.15, 0.2) is 24.5 Å². The van der Waals surface area contributed by atoms with Crippen LogP contribution in [0.1, 0.15) is 39.7 Å². The van der Waals surface area contributed by atoms with E-state index in [0.29, 0.717) is 53.8 Å². The molecule has 2 aromatic heterocycles. The number of hydrogen-bond acceptors (Lipinski definition) is 8. The Morgan fingerprint density at radius 2 is 2.00 bits per heavy atom. The normalized spacial score (nSPS) is 12.7. The lowest BCUT2D eigenvalue weighted by Gasteiger charge is -2.29. The summed E-state index contributed by atoms with van der Waals surface area (Å²) in [6, 6.07) is 5.12. The number of benzene rings is 1. The van der Waals surface area contributed by atoms with Gasteiger partial charge in [0.2, 0.25) is 5.95 Å². The SMILES string of the molecule is CCC(Nc1nc(NCc2cccc(OC)c2O)c2ncn(CC)c2n1)C(C)(C)O. The van der Waals surface area contributed by atoms with Crippen molar-refractivity contribution in [2.45, 2.75) is 58.8 Å². The van der Waals surface area contributed by atoms with Crippen LogP contribution in [0.2, 0.25) is 0 Å². The lowest BCUT2D eigenvalue weighted by atomic mass is 9.97. The van der Waals surface area contributed by atoms with Crippen molar-refractivity contribution in [3.05, 3.63) is 30.1 Å². The third-order valence-corrected chi connectivity index (χ3v) is 5.12. The Bertz CT molecular complexity index is 1010. The van der Waals surface area contributed by atoms with Crippen LogP contribution in [-0.4, -0.2) is 48.5 Å². The highest BCUT2D eigenvalue weighted by atomic mass is 16.5. The van der Waals surface area contributed by atoms with E-state index in [-0.39, 0.29) is 11.8 Å². The average Bonchev–Trinajstić information content (AvgIpc) is 3.13. The maximum absolute atomic E-state index is 10.4. The number of aromatic nitrogens is 4. The molecule has 1 atom stereocenters. The van der Waals surface area contributed by atoms with Crippen LogP contribution in [0.4, 0.5) is 11.8 Å². The molecule has 0 spiro atoms. The molecule has 0 radical (unpaired) electrons. The van der Waals surface area contributed by atoms with Gasteiger partial charge < -0.3 is 30.2 Å². The van der Waals surface area contributed by atoms with Gasteiger partial charge in [0.05, 0.1) is 25.1 Å². The van der Waals surface area contributed by atoms with Crippen LogP contribution >= 0.6 is 0 Å². The number of aryl methyl sites for hydroxylation is 1. The molecule has 3 rings (SSSR count). The smallest absolute Gasteiger partial charge is 0.227 e. The summed E-state index contributed by atoms with van der Waals surface area (Å²) in [5.41, 5.74) is 1.07. The van der Waals surface area contributed by atoms with Crippen molar-refractivity contribution in [3.8, 4) is 11.5 Å². The zero-order valence-electron chi connectivity index (χ0n) is 18.1. The number of hydrogen-bond donors (Lipinski definition) is 4. The summed E-state index contributed by atoms with van der Waals surface area (Å²) in [6.45, 7) is 8.57. The maximum atomic E-state index is 10.4. The monoisotopic (exact) mass is 414 g/mol. The number of methoxy groups -OCH3 is 1. The molecule has 9 heteroatoms. The zero-order valence-corrected chi connectivity index (χ0v) is 18.1. The number of fused-ring (bicyclic) bond motifs is 1. The van der Waals surface area contributed by atoms with Gasteiger partial charge >= 0.3 is 0 Å². The highest BCUT2D eigenvalue weighted by Crippen LogP contribution is 2.30. The predicted octanol–water partition coefficient (Wildman–Crippen LogP) is 3.13. The molecule has 9 nitrogen and oxygen atoms in total. The number of imidazole rings is 1. The second-order valence-corrected chi connectivity index (χ2v) is 7.68. The maximum Gasteiger partial charge on any atom is 0.227 e. The fourth-order valence-electron chi connectivity index (χ4n) is 3.35. The first-order chi connectivity index (χ1) is 14.3. The van der Waals surface area contributed by atoms with E-state index >= 15 is 0 Å². The third-order valence-electron chi connectivity index (χ3n) is 5.12. The van der Waals surface area contributed by atoms with Crippen molar-refractivity contribution >= 4 is 22.9 Å². The number of rotatable bonds is 9. The molecule has 0 fully saturated rings. The molecule has 30 heavy (non-hydrogen) atoms. The number of nitrogens with zero attached hydrogens (tertiary/aromatic N) is 4. The van der Waals surface area contributed by atoms with Gasteiger partial charge in [-0.2, -0.15) is 9.97 Å². The van der Waals surface area contributed by atoms with E-state index in [4.69, 9.17) is 4.74 Å². The summed E-state index contributed by atoms with van der Waals surface area (Å²) < 4.78 is 7.11. The van der Waals surface area contributed by atoms with Gasteiger partial charge in [-0.25, -0.2) is 4.98 Å². The molecular weight excluding hydrogens is 384 g/mol. The Labute approximate surface area is 176 Å². The number of nitrogens with one attached hydrogen (secondary N) is 2. The minimum Gasteiger partial charge on any atom is -0.504 e. The highest BCUT2D eigenvalue weighted by Gasteiger charge is 2.26. The minimum atomic E-state index is -0.932. The van der Waals surface area contributed by atoms with Gasteiger partial charge in [0.1, 0.15) is 0 Å². The number of para-hydroxylation sites is 1. The van der Waals surface area contributed by atoms with E-state index in [0.717, 1.165) is 0 Å². The van der Waals surface area contributed by atoms with Crippen LogP contribution in [0, 0.1) is 0 Å². The lowest BCUT2D eigenvalue weighted by molar-refractivity contribution is 0.0577. The largest absolute Gasteiger partial charge is 0.504 e. The molecule has 0 bridgehead atoms. The summed E-state index contributed by atoms with van der Waals surface area (Å²) in [7, 11) is 1.52. The number of aliphatic hydroxyl groups is 1. The zero-order chi connectivity index (χ0) is 21.9. The summed E-state index contributed by atoms with van der Waals surface area (Å²) in [5.74, 6) is 1.45. The molecule has 3 aromatic rings. The summed E-state index contributed by atoms with van der Waals surface area (Å²) in [5, 5.41) is 27.3. The molecule has 0 aliphatic carbocycles. The average molecular weight is 415 g/mol. The molecule has 1 unspecified atom stereocenters. The third kappa shape index (κ3) is 4.40. The fraction of sp³-hybridized carbons (Fsp3) is 0.476. The predicted molar refractivity (Wildman–Crippen MR) is 117 cm³/mol. The van der Waals surface area contributed by atoms with Gasteiger partial charge in [-0.15, -0.1) is 0 Å². The number of anilines is 2. The van der Waals surface area contributed by atoms with Crippen LogP contribution < -0.4 is 15.4 Å². The van der Waals surface area contributed by atoms with Gasteiger partial charge in [0.25, 0.3) is 0 Å². The Hall–Kier alpha value is -3.07. The lowest BCUT2D eigenvalue weighted by Crippen LogP contribution is -2.41. The Morgan fingerprint density at radius 3 is 2.63 bits per heavy atom. The number of phenols is 1. The summed E-state index contributed by atoms with van der Waals surface area (Å²) in [4.78, 5) is 13.7. The van der Waals surface area contributed by atoms with Gasteiger partial charge in [-0.1, -0.05) is 19.1 Å². The van der Waals surface area contributed by atoms with Crippen molar-refractivity contribution in [1.82, 2.24) is 19.5 Å². The van der Waals surface area contributed by atoms with E-state index in [1.165, 1.54) is 7.11 Å². The molecule has 162 valence electrons. The molecule has 0 aliphatic heterocycles. The number of phenolic OH excluding ortho intramolecular Hbond substituents is 1. The molecule has 0 saturated heterocycles. The molecule has 0 saturated carbocycles. The first-order valence-electron chi connectivity index (χ1n) is 10.1. The second kappa shape index (κ2) is 8.74. The van der Waals surface area contributed by atoms with Crippen molar-refractivity contribution in [2.75, 3.05) is 17.7 Å². The van der Waals surface area contributed by atoms with Crippen molar-refractivity contribution < 1.29 is 14.9 Å². The molecule has 2 heterocycles. The number of aromatic hydroxyl groups is 1. The Morgan fingerprint density at radius 1 is 1.23 bits per heavy atom. The Kier molecular flexibility index (Phi) is 6.31. The fourth-order valence-corrected chi connectivity index (χ4v) is 3.35. The minimum absolute atomic E-state index is 0.0864. The quantitative estimate of drug-likeness (QED) is 0.422. The van der Waals surface area contributed by atoms with E-state index in [1.54, 1.807) is 26.2 Å². The van der Waals surface area contributed by atoms with E-state index in [2.05, 4.69) is 25.6 Å². The van der Waals surface area contributed by atoms with Crippen LogP contribution in [0.25, 0.3) is 11.2 Å². The molecule has 0 amide bonds. The molecule has 1 aromatic carbocycles. The van der Waals surface area contributed by atoms with Crippen molar-refractivity contribution in [3.63, 3.8) is 0 Å². The van der Waals surface area contributed by atoms with Crippen molar-refractivity contribution in [1.29, 1.82) is 0 Å². The van der Waals surface area contributed by atoms with E-state index in [1.807, 2.05) is 30.5 Å². The van der Waals surface area contributed by atoms with Gasteiger partial charge in [0, 0.05) is 18.7 Å². The Balaban J connectivity index is 1.96. The standard InChI is InChI=1S/C21H30N6O3/c1-6-15(21(3,4)29)24-20-25-18(16-19(26-20)27(7-2)12-23-16)22-11-13-9-8-10-14(30-5)17(13)28/h8-10,12,15,28-29H,6-7,11H2,1-5H3,(H2,22,24,25,26). The van der Waals surface area contributed by atoms with Gasteiger partial charge in [-0.05, 0) is 33.3 Å². The first-order valence-corrected chi connectivity index (χ1v) is 10.1. The second-order valence-electron chi connectivity index (χ2n) is 7.68.